The molecule has 0 atom stereocenters. The number of carbonyl (C=O) groups excluding carboxylic acids is 1. The molecule has 0 saturated carbocycles. The number of nitrogens with one attached hydrogen (secondary N) is 2. The number of rotatable bonds is 5. The molecule has 0 fully saturated rings. The summed E-state index contributed by atoms with van der Waals surface area (Å²) in [6.45, 7) is 0.419. The Morgan fingerprint density at radius 2 is 1.86 bits per heavy atom. The molecule has 2 N–H and O–H groups in total. The van der Waals surface area contributed by atoms with Crippen LogP contribution in [-0.4, -0.2) is 27.0 Å². The van der Waals surface area contributed by atoms with E-state index in [0.717, 1.165) is 15.7 Å². The minimum Gasteiger partial charge on any atom is -0.473 e. The normalized spacial score (nSPS) is 12.5. The lowest BCUT2D eigenvalue weighted by Gasteiger charge is -2.18. The first-order chi connectivity index (χ1) is 14.1. The number of amides is 1. The number of carbonyl (C=O) groups is 1. The summed E-state index contributed by atoms with van der Waals surface area (Å²) in [5.74, 6) is -0.261. The molecule has 8 heteroatoms. The maximum Gasteiger partial charge on any atom is 0.331 e. The Labute approximate surface area is 165 Å². The fourth-order valence-corrected chi connectivity index (χ4v) is 3.01. The molecule has 4 rings (SSSR count). The average Bonchev–Trinajstić information content (AvgIpc) is 2.76. The van der Waals surface area contributed by atoms with Crippen molar-refractivity contribution in [1.82, 2.24) is 19.9 Å². The quantitative estimate of drug-likeness (QED) is 0.678. The minimum atomic E-state index is -0.559. The third kappa shape index (κ3) is 4.01. The second-order valence-electron chi connectivity index (χ2n) is 6.55. The Kier molecular flexibility index (Phi) is 5.07. The van der Waals surface area contributed by atoms with E-state index in [1.54, 1.807) is 24.5 Å². The first-order valence-electron chi connectivity index (χ1n) is 9.03. The van der Waals surface area contributed by atoms with Crippen LogP contribution in [0, 0.1) is 0 Å². The number of pyridine rings is 1. The van der Waals surface area contributed by atoms with E-state index in [0.29, 0.717) is 12.1 Å². The van der Waals surface area contributed by atoms with Crippen molar-refractivity contribution >= 4 is 12.0 Å². The Morgan fingerprint density at radius 1 is 1.10 bits per heavy atom. The van der Waals surface area contributed by atoms with E-state index in [2.05, 4.69) is 15.3 Å². The van der Waals surface area contributed by atoms with E-state index in [-0.39, 0.29) is 30.5 Å². The van der Waals surface area contributed by atoms with Gasteiger partial charge in [0.05, 0.1) is 12.1 Å². The van der Waals surface area contributed by atoms with Gasteiger partial charge in [-0.05, 0) is 29.3 Å². The van der Waals surface area contributed by atoms with Crippen LogP contribution in [0.15, 0.2) is 70.0 Å². The molecule has 3 heterocycles. The van der Waals surface area contributed by atoms with Gasteiger partial charge in [0.1, 0.15) is 12.2 Å². The predicted molar refractivity (Wildman–Crippen MR) is 106 cm³/mol. The molecule has 1 aliphatic rings. The van der Waals surface area contributed by atoms with E-state index in [9.17, 15) is 14.4 Å². The van der Waals surface area contributed by atoms with Gasteiger partial charge < -0.3 is 10.1 Å². The molecule has 1 aromatic carbocycles. The minimum absolute atomic E-state index is 0.0345. The number of aromatic nitrogens is 3. The highest BCUT2D eigenvalue weighted by Gasteiger charge is 2.22. The number of nitrogens with zero attached hydrogens (tertiary/aromatic N) is 2. The molecule has 1 amide bonds. The molecule has 146 valence electrons. The smallest absolute Gasteiger partial charge is 0.331 e. The Bertz CT molecular complexity index is 1180. The lowest BCUT2D eigenvalue weighted by molar-refractivity contribution is -0.117. The topological polar surface area (TPSA) is 106 Å². The van der Waals surface area contributed by atoms with Gasteiger partial charge in [0.25, 0.3) is 11.5 Å². The maximum absolute atomic E-state index is 12.9. The van der Waals surface area contributed by atoms with E-state index in [1.165, 1.54) is 6.08 Å². The van der Waals surface area contributed by atoms with Crippen molar-refractivity contribution in [1.29, 1.82) is 0 Å². The van der Waals surface area contributed by atoms with Gasteiger partial charge in [-0.1, -0.05) is 30.3 Å². The molecular formula is C21H18N4O4. The summed E-state index contributed by atoms with van der Waals surface area (Å²) < 4.78 is 6.56. The molecule has 3 aromatic rings. The number of H-pyrrole nitrogens is 1. The first-order valence-corrected chi connectivity index (χ1v) is 9.03. The molecule has 29 heavy (non-hydrogen) atoms. The van der Waals surface area contributed by atoms with Crippen LogP contribution in [0.5, 0.6) is 5.88 Å². The van der Waals surface area contributed by atoms with Gasteiger partial charge in [-0.15, -0.1) is 0 Å². The van der Waals surface area contributed by atoms with Crippen LogP contribution in [0.1, 0.15) is 16.7 Å². The predicted octanol–water partition coefficient (Wildman–Crippen LogP) is 1.07. The van der Waals surface area contributed by atoms with Crippen molar-refractivity contribution < 1.29 is 9.53 Å². The van der Waals surface area contributed by atoms with Gasteiger partial charge in [0.2, 0.25) is 5.88 Å². The van der Waals surface area contributed by atoms with Crippen molar-refractivity contribution in [3.8, 4) is 5.88 Å². The number of fused-ring (bicyclic) bond motifs is 1. The van der Waals surface area contributed by atoms with E-state index in [4.69, 9.17) is 4.74 Å². The van der Waals surface area contributed by atoms with Crippen LogP contribution in [-0.2, 0) is 17.9 Å². The summed E-state index contributed by atoms with van der Waals surface area (Å²) in [4.78, 5) is 44.2. The Hall–Kier alpha value is -3.94. The summed E-state index contributed by atoms with van der Waals surface area (Å²) in [6, 6.07) is 12.8. The van der Waals surface area contributed by atoms with Crippen LogP contribution >= 0.6 is 0 Å². The van der Waals surface area contributed by atoms with E-state index < -0.39 is 11.2 Å². The van der Waals surface area contributed by atoms with Gasteiger partial charge in [-0.3, -0.25) is 24.1 Å². The van der Waals surface area contributed by atoms with Crippen LogP contribution in [0.4, 0.5) is 0 Å². The second-order valence-corrected chi connectivity index (χ2v) is 6.55. The highest BCUT2D eigenvalue weighted by Crippen LogP contribution is 2.19. The summed E-state index contributed by atoms with van der Waals surface area (Å²) in [6.07, 6.45) is 4.76. The Morgan fingerprint density at radius 3 is 2.62 bits per heavy atom. The second kappa shape index (κ2) is 7.97. The third-order valence-electron chi connectivity index (χ3n) is 4.55. The zero-order valence-electron chi connectivity index (χ0n) is 15.4. The van der Waals surface area contributed by atoms with Crippen molar-refractivity contribution in [2.75, 3.05) is 6.61 Å². The lowest BCUT2D eigenvalue weighted by atomic mass is 10.1. The molecule has 2 aromatic heterocycles. The lowest BCUT2D eigenvalue weighted by Crippen LogP contribution is -2.39. The fraction of sp³-hybridized carbons (Fsp3) is 0.143. The van der Waals surface area contributed by atoms with Crippen LogP contribution in [0.25, 0.3) is 6.08 Å². The molecule has 0 spiro atoms. The summed E-state index contributed by atoms with van der Waals surface area (Å²) in [5.41, 5.74) is 1.11. The number of aromatic amines is 1. The van der Waals surface area contributed by atoms with Gasteiger partial charge in [0.15, 0.2) is 0 Å². The Balaban J connectivity index is 1.59. The van der Waals surface area contributed by atoms with Crippen molar-refractivity contribution in [2.45, 2.75) is 13.1 Å². The third-order valence-corrected chi connectivity index (χ3v) is 4.55. The summed E-state index contributed by atoms with van der Waals surface area (Å²) >= 11 is 0. The summed E-state index contributed by atoms with van der Waals surface area (Å²) in [7, 11) is 0. The molecular weight excluding hydrogens is 372 g/mol. The molecule has 0 unspecified atom stereocenters. The molecule has 0 radical (unpaired) electrons. The first kappa shape index (κ1) is 18.4. The highest BCUT2D eigenvalue weighted by molar-refractivity contribution is 5.98. The fourth-order valence-electron chi connectivity index (χ4n) is 3.01. The van der Waals surface area contributed by atoms with Gasteiger partial charge in [-0.2, -0.15) is 0 Å². The van der Waals surface area contributed by atoms with E-state index in [1.807, 2.05) is 30.3 Å². The van der Waals surface area contributed by atoms with E-state index >= 15 is 0 Å². The zero-order chi connectivity index (χ0) is 20.2. The molecule has 0 saturated heterocycles. The standard InChI is InChI=1S/C21H18N4O4/c26-18(23-11-14-6-8-22-9-7-14)16-10-17-19(29-13-16)24-21(28)25(20(17)27)12-15-4-2-1-3-5-15/h1-10H,11-13H2,(H,23,26)(H,24,28). The number of ether oxygens (including phenoxy) is 1. The SMILES string of the molecule is O=C(NCc1ccncc1)C1=Cc2c([nH]c(=O)n(Cc3ccccc3)c2=O)OC1. The van der Waals surface area contributed by atoms with Gasteiger partial charge in [0, 0.05) is 18.9 Å². The summed E-state index contributed by atoms with van der Waals surface area (Å²) in [5, 5.41) is 2.79. The van der Waals surface area contributed by atoms with Gasteiger partial charge in [-0.25, -0.2) is 4.79 Å². The highest BCUT2D eigenvalue weighted by atomic mass is 16.5. The van der Waals surface area contributed by atoms with Crippen molar-refractivity contribution in [3.63, 3.8) is 0 Å². The van der Waals surface area contributed by atoms with Crippen molar-refractivity contribution in [2.24, 2.45) is 0 Å². The number of benzene rings is 1. The number of hydrogen-bond donors (Lipinski definition) is 2. The molecule has 1 aliphatic heterocycles. The van der Waals surface area contributed by atoms with Crippen LogP contribution in [0.3, 0.4) is 0 Å². The van der Waals surface area contributed by atoms with Crippen LogP contribution < -0.4 is 21.3 Å². The molecule has 0 aliphatic carbocycles. The zero-order valence-corrected chi connectivity index (χ0v) is 15.4. The van der Waals surface area contributed by atoms with Crippen molar-refractivity contribution in [3.05, 3.63) is 98.0 Å². The van der Waals surface area contributed by atoms with Gasteiger partial charge >= 0.3 is 5.69 Å². The largest absolute Gasteiger partial charge is 0.473 e. The monoisotopic (exact) mass is 390 g/mol. The number of hydrogen-bond acceptors (Lipinski definition) is 5. The average molecular weight is 390 g/mol. The maximum atomic E-state index is 12.9. The molecule has 8 nitrogen and oxygen atoms in total. The van der Waals surface area contributed by atoms with Crippen LogP contribution in [0.2, 0.25) is 0 Å². The molecule has 0 bridgehead atoms.